The van der Waals surface area contributed by atoms with Crippen molar-refractivity contribution < 1.29 is 9.53 Å². The van der Waals surface area contributed by atoms with Gasteiger partial charge in [-0.25, -0.2) is 4.98 Å². The molecule has 0 bridgehead atoms. The Bertz CT molecular complexity index is 1010. The number of para-hydroxylation sites is 1. The highest BCUT2D eigenvalue weighted by Gasteiger charge is 2.14. The monoisotopic (exact) mass is 408 g/mol. The number of nitrogens with zero attached hydrogens (tertiary/aromatic N) is 1. The Morgan fingerprint density at radius 1 is 1.07 bits per heavy atom. The second-order valence-corrected chi connectivity index (χ2v) is 6.79. The molecule has 0 aliphatic heterocycles. The fraction of sp³-hybridized carbons (Fsp3) is 0.227. The first kappa shape index (κ1) is 20.5. The van der Waals surface area contributed by atoms with Crippen LogP contribution in [0.3, 0.4) is 0 Å². The lowest BCUT2D eigenvalue weighted by molar-refractivity contribution is 0.0945. The first-order valence-corrected chi connectivity index (χ1v) is 10.0. The van der Waals surface area contributed by atoms with Gasteiger partial charge in [0.25, 0.3) is 5.91 Å². The van der Waals surface area contributed by atoms with E-state index in [1.807, 2.05) is 55.5 Å². The number of benzene rings is 2. The molecule has 3 rings (SSSR count). The molecule has 0 unspecified atom stereocenters. The number of fused-ring (bicyclic) bond motifs is 1. The third-order valence-corrected chi connectivity index (χ3v) is 4.46. The van der Waals surface area contributed by atoms with E-state index in [9.17, 15) is 4.79 Å². The van der Waals surface area contributed by atoms with Crippen LogP contribution in [0.25, 0.3) is 22.2 Å². The van der Waals surface area contributed by atoms with Crippen LogP contribution in [0.15, 0.2) is 54.6 Å². The molecule has 6 nitrogen and oxygen atoms in total. The number of hydrogen-bond acceptors (Lipinski definition) is 4. The summed E-state index contributed by atoms with van der Waals surface area (Å²) in [5.74, 6) is 0.531. The number of hydrogen-bond donors (Lipinski definition) is 3. The molecule has 150 valence electrons. The molecule has 1 amide bonds. The largest absolute Gasteiger partial charge is 0.494 e. The topological polar surface area (TPSA) is 75.3 Å². The highest BCUT2D eigenvalue weighted by Crippen LogP contribution is 2.26. The van der Waals surface area contributed by atoms with E-state index in [-0.39, 0.29) is 5.91 Å². The van der Waals surface area contributed by atoms with Crippen molar-refractivity contribution in [1.82, 2.24) is 21.2 Å². The zero-order valence-electron chi connectivity index (χ0n) is 16.5. The van der Waals surface area contributed by atoms with Crippen LogP contribution in [0.4, 0.5) is 0 Å². The number of nitrogens with one attached hydrogen (secondary N) is 3. The number of ether oxygens (including phenoxy) is 1. The van der Waals surface area contributed by atoms with Crippen molar-refractivity contribution in [3.8, 4) is 17.0 Å². The number of hydrazine groups is 1. The molecule has 0 aliphatic rings. The maximum Gasteiger partial charge on any atom is 0.270 e. The predicted molar refractivity (Wildman–Crippen MR) is 120 cm³/mol. The average Bonchev–Trinajstić information content (AvgIpc) is 2.76. The zero-order chi connectivity index (χ0) is 20.6. The van der Waals surface area contributed by atoms with E-state index >= 15 is 0 Å². The van der Waals surface area contributed by atoms with Crippen molar-refractivity contribution in [2.75, 3.05) is 13.2 Å². The summed E-state index contributed by atoms with van der Waals surface area (Å²) < 4.78 is 5.64. The molecule has 0 radical (unpaired) electrons. The van der Waals surface area contributed by atoms with Crippen LogP contribution in [0.5, 0.6) is 5.75 Å². The first-order chi connectivity index (χ1) is 14.1. The summed E-state index contributed by atoms with van der Waals surface area (Å²) >= 11 is 5.10. The molecule has 1 aromatic heterocycles. The minimum Gasteiger partial charge on any atom is -0.494 e. The third kappa shape index (κ3) is 5.20. The SMILES string of the molecule is CCCOc1ccc(-c2cc(C(=O)NNC(=S)NCC)c3ccccc3n2)cc1. The quantitative estimate of drug-likeness (QED) is 0.425. The van der Waals surface area contributed by atoms with E-state index < -0.39 is 0 Å². The molecule has 3 aromatic rings. The maximum atomic E-state index is 12.8. The Labute approximate surface area is 175 Å². The van der Waals surface area contributed by atoms with Gasteiger partial charge in [-0.2, -0.15) is 0 Å². The molecule has 0 fully saturated rings. The summed E-state index contributed by atoms with van der Waals surface area (Å²) in [5.41, 5.74) is 8.25. The second kappa shape index (κ2) is 9.84. The van der Waals surface area contributed by atoms with Crippen molar-refractivity contribution >= 4 is 34.1 Å². The van der Waals surface area contributed by atoms with Crippen molar-refractivity contribution in [1.29, 1.82) is 0 Å². The van der Waals surface area contributed by atoms with Gasteiger partial charge in [-0.1, -0.05) is 25.1 Å². The van der Waals surface area contributed by atoms with Crippen LogP contribution < -0.4 is 20.9 Å². The molecule has 0 atom stereocenters. The van der Waals surface area contributed by atoms with E-state index in [1.165, 1.54) is 0 Å². The molecule has 0 spiro atoms. The number of carbonyl (C=O) groups excluding carboxylic acids is 1. The van der Waals surface area contributed by atoms with Gasteiger partial charge in [0.05, 0.1) is 23.4 Å². The fourth-order valence-electron chi connectivity index (χ4n) is 2.84. The summed E-state index contributed by atoms with van der Waals surface area (Å²) in [6.45, 7) is 5.35. The fourth-order valence-corrected chi connectivity index (χ4v) is 3.03. The Morgan fingerprint density at radius 3 is 2.55 bits per heavy atom. The third-order valence-electron chi connectivity index (χ3n) is 4.21. The molecule has 1 heterocycles. The molecule has 3 N–H and O–H groups in total. The van der Waals surface area contributed by atoms with Crippen LogP contribution in [0, 0.1) is 0 Å². The number of rotatable bonds is 6. The van der Waals surface area contributed by atoms with E-state index in [4.69, 9.17) is 21.9 Å². The Kier molecular flexibility index (Phi) is 6.97. The first-order valence-electron chi connectivity index (χ1n) is 9.59. The summed E-state index contributed by atoms with van der Waals surface area (Å²) in [5, 5.41) is 4.06. The predicted octanol–water partition coefficient (Wildman–Crippen LogP) is 3.82. The average molecular weight is 409 g/mol. The molecule has 7 heteroatoms. The van der Waals surface area contributed by atoms with Gasteiger partial charge >= 0.3 is 0 Å². The molecular formula is C22H24N4O2S. The van der Waals surface area contributed by atoms with Crippen molar-refractivity contribution in [2.24, 2.45) is 0 Å². The lowest BCUT2D eigenvalue weighted by Gasteiger charge is -2.13. The highest BCUT2D eigenvalue weighted by atomic mass is 32.1. The van der Waals surface area contributed by atoms with Crippen LogP contribution >= 0.6 is 12.2 Å². The van der Waals surface area contributed by atoms with Gasteiger partial charge in [0.1, 0.15) is 5.75 Å². The number of thiocarbonyl (C=S) groups is 1. The van der Waals surface area contributed by atoms with Gasteiger partial charge in [0.15, 0.2) is 5.11 Å². The maximum absolute atomic E-state index is 12.8. The highest BCUT2D eigenvalue weighted by molar-refractivity contribution is 7.80. The zero-order valence-corrected chi connectivity index (χ0v) is 17.3. The standard InChI is InChI=1S/C22H24N4O2S/c1-3-13-28-16-11-9-15(10-12-16)20-14-18(17-7-5-6-8-19(17)24-20)21(27)25-26-22(29)23-4-2/h5-12,14H,3-4,13H2,1-2H3,(H,25,27)(H2,23,26,29). The van der Waals surface area contributed by atoms with Crippen LogP contribution in [-0.2, 0) is 0 Å². The second-order valence-electron chi connectivity index (χ2n) is 6.38. The van der Waals surface area contributed by atoms with Crippen molar-refractivity contribution in [3.63, 3.8) is 0 Å². The molecule has 0 saturated heterocycles. The summed E-state index contributed by atoms with van der Waals surface area (Å²) in [6.07, 6.45) is 0.956. The van der Waals surface area contributed by atoms with Gasteiger partial charge in [-0.15, -0.1) is 0 Å². The molecular weight excluding hydrogens is 384 g/mol. The number of aromatic nitrogens is 1. The molecule has 0 aliphatic carbocycles. The smallest absolute Gasteiger partial charge is 0.270 e. The van der Waals surface area contributed by atoms with E-state index in [0.29, 0.717) is 29.5 Å². The Hall–Kier alpha value is -3.19. The summed E-state index contributed by atoms with van der Waals surface area (Å²) in [4.78, 5) is 17.5. The molecule has 29 heavy (non-hydrogen) atoms. The van der Waals surface area contributed by atoms with Gasteiger partial charge in [0.2, 0.25) is 0 Å². The van der Waals surface area contributed by atoms with Gasteiger partial charge in [-0.3, -0.25) is 15.6 Å². The number of pyridine rings is 1. The van der Waals surface area contributed by atoms with Crippen LogP contribution in [-0.4, -0.2) is 29.2 Å². The van der Waals surface area contributed by atoms with Gasteiger partial charge in [-0.05, 0) is 62.0 Å². The molecule has 0 saturated carbocycles. The minimum atomic E-state index is -0.284. The lowest BCUT2D eigenvalue weighted by Crippen LogP contribution is -2.46. The number of carbonyl (C=O) groups is 1. The van der Waals surface area contributed by atoms with E-state index in [2.05, 4.69) is 23.1 Å². The molecule has 2 aromatic carbocycles. The van der Waals surface area contributed by atoms with E-state index in [1.54, 1.807) is 6.07 Å². The van der Waals surface area contributed by atoms with Crippen molar-refractivity contribution in [2.45, 2.75) is 20.3 Å². The number of amides is 1. The van der Waals surface area contributed by atoms with Crippen LogP contribution in [0.2, 0.25) is 0 Å². The summed E-state index contributed by atoms with van der Waals surface area (Å²) in [7, 11) is 0. The minimum absolute atomic E-state index is 0.284. The normalized spacial score (nSPS) is 10.4. The Morgan fingerprint density at radius 2 is 1.83 bits per heavy atom. The summed E-state index contributed by atoms with van der Waals surface area (Å²) in [6, 6.07) is 17.1. The van der Waals surface area contributed by atoms with Crippen LogP contribution in [0.1, 0.15) is 30.6 Å². The van der Waals surface area contributed by atoms with Gasteiger partial charge in [0, 0.05) is 17.5 Å². The van der Waals surface area contributed by atoms with E-state index in [0.717, 1.165) is 28.6 Å². The Balaban J connectivity index is 1.91. The van der Waals surface area contributed by atoms with Gasteiger partial charge < -0.3 is 10.1 Å². The lowest BCUT2D eigenvalue weighted by atomic mass is 10.0. The van der Waals surface area contributed by atoms with Crippen molar-refractivity contribution in [3.05, 3.63) is 60.2 Å².